The highest BCUT2D eigenvalue weighted by Gasteiger charge is 2.46. The average molecular weight is 1120 g/mol. The number of carbonyl (C=O) groups excluding carboxylic acids is 8. The van der Waals surface area contributed by atoms with E-state index >= 15 is 4.39 Å². The van der Waals surface area contributed by atoms with Gasteiger partial charge in [-0.2, -0.15) is 8.78 Å². The highest BCUT2D eigenvalue weighted by molar-refractivity contribution is 5.95. The minimum Gasteiger partial charge on any atom is -0.458 e. The molecule has 0 radical (unpaired) electrons. The van der Waals surface area contributed by atoms with E-state index < -0.39 is 126 Å². The molecule has 0 spiro atoms. The molecule has 4 heterocycles. The van der Waals surface area contributed by atoms with Gasteiger partial charge in [0.25, 0.3) is 5.56 Å². The van der Waals surface area contributed by atoms with Gasteiger partial charge in [0.1, 0.15) is 18.5 Å². The first-order chi connectivity index (χ1) is 38.2. The molecule has 422 valence electrons. The molecule has 2 aliphatic heterocycles. The number of nitrogens with zero attached hydrogens (tertiary/aromatic N) is 2. The van der Waals surface area contributed by atoms with Gasteiger partial charge in [-0.05, 0) is 73.8 Å². The highest BCUT2D eigenvalue weighted by Crippen LogP contribution is 2.46. The summed E-state index contributed by atoms with van der Waals surface area (Å²) in [5, 5.41) is 27.4. The molecule has 0 fully saturated rings. The van der Waals surface area contributed by atoms with E-state index in [-0.39, 0.29) is 87.7 Å². The number of aryl methyl sites for hydroxylation is 1. The van der Waals surface area contributed by atoms with E-state index in [1.54, 1.807) is 50.2 Å². The average Bonchev–Trinajstić information content (AvgIpc) is 4.02. The maximum absolute atomic E-state index is 15.4. The summed E-state index contributed by atoms with van der Waals surface area (Å²) in [5.41, 5.74) is 1.89. The molecule has 1 unspecified atom stereocenters. The number of ether oxygens (including phenoxy) is 2. The summed E-state index contributed by atoms with van der Waals surface area (Å²) in [6.45, 7) is 1.39. The summed E-state index contributed by atoms with van der Waals surface area (Å²) in [5.74, 6) is -15.2. The van der Waals surface area contributed by atoms with Crippen molar-refractivity contribution in [1.29, 1.82) is 0 Å². The van der Waals surface area contributed by atoms with Gasteiger partial charge in [-0.1, -0.05) is 37.3 Å². The van der Waals surface area contributed by atoms with Gasteiger partial charge in [0, 0.05) is 60.9 Å². The Morgan fingerprint density at radius 3 is 2.17 bits per heavy atom. The SMILES string of the molecule is CCC1(O)C(=O)OCc2c1cc1n(c2=O)Cc2c-1nc1cc(F)c(C)c3c1c2[C@@H](NC(=O)CCCNC(=O)CNC(=O)[C@H](Cc1ccccc1)NC(=O)CNC(=O)CNC(=O)CCCCC(=O)Oc1c(F)c(F)cc(F)c1F)CC3. The Morgan fingerprint density at radius 1 is 0.787 bits per heavy atom. The van der Waals surface area contributed by atoms with Gasteiger partial charge < -0.3 is 51.0 Å². The molecule has 5 aromatic rings. The van der Waals surface area contributed by atoms with Crippen molar-refractivity contribution in [2.75, 3.05) is 26.2 Å². The second kappa shape index (κ2) is 24.6. The Morgan fingerprint density at radius 2 is 1.45 bits per heavy atom. The van der Waals surface area contributed by atoms with Gasteiger partial charge in [0.2, 0.25) is 52.8 Å². The summed E-state index contributed by atoms with van der Waals surface area (Å²) in [6.07, 6.45) is 0.269. The van der Waals surface area contributed by atoms with Crippen LogP contribution in [0.3, 0.4) is 0 Å². The first-order valence-electron chi connectivity index (χ1n) is 25.7. The molecule has 3 aromatic carbocycles. The van der Waals surface area contributed by atoms with Crippen LogP contribution in [0.15, 0.2) is 53.3 Å². The molecular weight excluding hydrogens is 1060 g/mol. The third kappa shape index (κ3) is 12.5. The van der Waals surface area contributed by atoms with Gasteiger partial charge >= 0.3 is 11.9 Å². The number of unbranched alkanes of at least 4 members (excludes halogenated alkanes) is 1. The lowest BCUT2D eigenvalue weighted by Crippen LogP contribution is -2.52. The number of fused-ring (bicyclic) bond motifs is 5. The molecule has 3 aliphatic rings. The maximum atomic E-state index is 15.4. The molecule has 25 heteroatoms. The number of aliphatic hydroxyl groups is 1. The molecule has 80 heavy (non-hydrogen) atoms. The number of amides is 6. The number of rotatable bonds is 22. The fraction of sp³-hybridized carbons (Fsp3) is 0.382. The molecule has 3 atom stereocenters. The Balaban J connectivity index is 0.788. The second-order valence-corrected chi connectivity index (χ2v) is 19.5. The molecule has 1 aliphatic carbocycles. The van der Waals surface area contributed by atoms with E-state index in [2.05, 4.69) is 36.6 Å². The quantitative estimate of drug-likeness (QED) is 0.0169. The van der Waals surface area contributed by atoms with E-state index in [1.807, 2.05) is 0 Å². The van der Waals surface area contributed by atoms with Crippen LogP contribution in [0.5, 0.6) is 5.75 Å². The molecule has 2 aromatic heterocycles. The van der Waals surface area contributed by atoms with Crippen LogP contribution in [0, 0.1) is 36.0 Å². The van der Waals surface area contributed by atoms with Crippen molar-refractivity contribution in [1.82, 2.24) is 41.5 Å². The molecule has 0 bridgehead atoms. The summed E-state index contributed by atoms with van der Waals surface area (Å²) < 4.78 is 80.8. The van der Waals surface area contributed by atoms with Crippen molar-refractivity contribution in [3.8, 4) is 17.1 Å². The zero-order valence-electron chi connectivity index (χ0n) is 43.3. The van der Waals surface area contributed by atoms with Crippen molar-refractivity contribution in [3.63, 3.8) is 0 Å². The lowest BCUT2D eigenvalue weighted by Gasteiger charge is -2.31. The monoisotopic (exact) mass is 1110 g/mol. The Bertz CT molecular complexity index is 3390. The predicted molar refractivity (Wildman–Crippen MR) is 272 cm³/mol. The summed E-state index contributed by atoms with van der Waals surface area (Å²) in [7, 11) is 0. The highest BCUT2D eigenvalue weighted by atomic mass is 19.2. The topological polar surface area (TPSA) is 282 Å². The molecule has 6 amide bonds. The van der Waals surface area contributed by atoms with Gasteiger partial charge in [-0.15, -0.1) is 0 Å². The lowest BCUT2D eigenvalue weighted by molar-refractivity contribution is -0.172. The van der Waals surface area contributed by atoms with Crippen molar-refractivity contribution < 1.29 is 74.9 Å². The Hall–Kier alpha value is -8.61. The fourth-order valence-corrected chi connectivity index (χ4v) is 9.97. The Kier molecular flexibility index (Phi) is 17.7. The second-order valence-electron chi connectivity index (χ2n) is 19.5. The minimum absolute atomic E-state index is 0.000889. The number of halogens is 5. The largest absolute Gasteiger partial charge is 0.458 e. The number of esters is 2. The number of cyclic esters (lactones) is 1. The van der Waals surface area contributed by atoms with Gasteiger partial charge in [0.05, 0.1) is 54.7 Å². The summed E-state index contributed by atoms with van der Waals surface area (Å²) in [4.78, 5) is 121. The van der Waals surface area contributed by atoms with Crippen LogP contribution >= 0.6 is 0 Å². The summed E-state index contributed by atoms with van der Waals surface area (Å²) >= 11 is 0. The van der Waals surface area contributed by atoms with Gasteiger partial charge in [0.15, 0.2) is 17.2 Å². The minimum atomic E-state index is -2.06. The predicted octanol–water partition coefficient (Wildman–Crippen LogP) is 3.33. The van der Waals surface area contributed by atoms with E-state index in [0.29, 0.717) is 57.4 Å². The maximum Gasteiger partial charge on any atom is 0.343 e. The van der Waals surface area contributed by atoms with Crippen LogP contribution < -0.4 is 42.2 Å². The van der Waals surface area contributed by atoms with Crippen molar-refractivity contribution in [2.24, 2.45) is 0 Å². The zero-order valence-corrected chi connectivity index (χ0v) is 43.3. The van der Waals surface area contributed by atoms with Crippen LogP contribution in [-0.2, 0) is 74.7 Å². The summed E-state index contributed by atoms with van der Waals surface area (Å²) in [6, 6.07) is 9.67. The van der Waals surface area contributed by atoms with Crippen molar-refractivity contribution in [3.05, 3.63) is 127 Å². The van der Waals surface area contributed by atoms with Crippen molar-refractivity contribution in [2.45, 2.75) is 109 Å². The molecule has 20 nitrogen and oxygen atoms in total. The van der Waals surface area contributed by atoms with E-state index in [0.717, 1.165) is 5.56 Å². The molecule has 0 saturated heterocycles. The van der Waals surface area contributed by atoms with Crippen molar-refractivity contribution >= 4 is 58.3 Å². The number of hydrogen-bond donors (Lipinski definition) is 7. The number of pyridine rings is 2. The number of benzene rings is 3. The van der Waals surface area contributed by atoms with Crippen LogP contribution in [0.25, 0.3) is 22.3 Å². The normalized spacial score (nSPS) is 16.1. The van der Waals surface area contributed by atoms with E-state index in [9.17, 15) is 65.8 Å². The molecule has 0 saturated carbocycles. The third-order valence-corrected chi connectivity index (χ3v) is 14.2. The van der Waals surface area contributed by atoms with Gasteiger partial charge in [-0.3, -0.25) is 38.4 Å². The first kappa shape index (κ1) is 57.6. The fourth-order valence-electron chi connectivity index (χ4n) is 9.97. The third-order valence-electron chi connectivity index (χ3n) is 14.2. The number of carbonyl (C=O) groups is 8. The van der Waals surface area contributed by atoms with Gasteiger partial charge in [-0.25, -0.2) is 22.9 Å². The van der Waals surface area contributed by atoms with E-state index in [1.165, 1.54) is 10.6 Å². The number of aromatic nitrogens is 2. The Labute approximate surface area is 452 Å². The van der Waals surface area contributed by atoms with Crippen LogP contribution in [0.4, 0.5) is 22.0 Å². The van der Waals surface area contributed by atoms with Crippen LogP contribution in [-0.4, -0.2) is 94.3 Å². The first-order valence-corrected chi connectivity index (χ1v) is 25.7. The molecule has 8 rings (SSSR count). The number of nitrogens with one attached hydrogen (secondary N) is 6. The smallest absolute Gasteiger partial charge is 0.343 e. The van der Waals surface area contributed by atoms with Crippen LogP contribution in [0.1, 0.15) is 103 Å². The lowest BCUT2D eigenvalue weighted by atomic mass is 9.81. The standard InChI is InChI=1S/C55H55F5N8O12/c1-3-55(78)32-19-39-50-30(25-68(39)53(76)31(32)26-79-54(55)77)47-36(16-15-29-27(2)33(56)21-37(67-50)46(29)47)65-41(70)13-9-17-61-42(71)23-64-52(75)38(18-28-10-5-4-6-11-28)66-44(73)24-63-43(72)22-62-40(69)12-7-8-14-45(74)80-51-48(59)34(57)20-35(58)49(51)60/h4-6,10-11,19-21,36,38,78H,3,7-9,12-18,22-26H2,1-2H3,(H,61,71)(H,62,69)(H,63,72)(H,64,75)(H,65,70)(H,66,73)/t36-,38-,55?/m0/s1. The van der Waals surface area contributed by atoms with Crippen LogP contribution in [0.2, 0.25) is 0 Å². The zero-order chi connectivity index (χ0) is 57.6. The number of hydrogen-bond acceptors (Lipinski definition) is 13. The molecule has 7 N–H and O–H groups in total. The molecular formula is C55H55F5N8O12. The van der Waals surface area contributed by atoms with E-state index in [4.69, 9.17) is 9.72 Å².